The van der Waals surface area contributed by atoms with Crippen LogP contribution >= 0.6 is 0 Å². The Morgan fingerprint density at radius 1 is 1.19 bits per heavy atom. The van der Waals surface area contributed by atoms with Gasteiger partial charge >= 0.3 is 0 Å². The molecule has 1 N–H and O–H groups in total. The summed E-state index contributed by atoms with van der Waals surface area (Å²) in [4.78, 5) is 8.56. The molecule has 82 valence electrons. The maximum absolute atomic E-state index is 12.7. The third-order valence-electron chi connectivity index (χ3n) is 2.35. The first-order valence-corrected chi connectivity index (χ1v) is 4.98. The Morgan fingerprint density at radius 2 is 1.88 bits per heavy atom. The number of hydrogen-bond acceptors (Lipinski definition) is 3. The molecule has 0 aliphatic carbocycles. The van der Waals surface area contributed by atoms with Crippen LogP contribution in [0.15, 0.2) is 30.5 Å². The molecule has 3 nitrogen and oxygen atoms in total. The van der Waals surface area contributed by atoms with Gasteiger partial charge in [-0.25, -0.2) is 14.4 Å². The number of aryl methyl sites for hydroxylation is 1. The van der Waals surface area contributed by atoms with E-state index in [2.05, 4.69) is 15.3 Å². The highest BCUT2D eigenvalue weighted by Gasteiger charge is 2.04. The number of nitrogens with one attached hydrogen (secondary N) is 1. The zero-order valence-electron chi connectivity index (χ0n) is 9.16. The minimum absolute atomic E-state index is 0.257. The summed E-state index contributed by atoms with van der Waals surface area (Å²) < 4.78 is 12.7. The van der Waals surface area contributed by atoms with E-state index in [9.17, 15) is 4.39 Å². The normalized spacial score (nSPS) is 10.2. The van der Waals surface area contributed by atoms with Crippen molar-refractivity contribution in [1.29, 1.82) is 0 Å². The van der Waals surface area contributed by atoms with E-state index in [0.717, 1.165) is 16.9 Å². The molecule has 0 fully saturated rings. The Labute approximate surface area is 93.4 Å². The van der Waals surface area contributed by atoms with Gasteiger partial charge in [0.1, 0.15) is 5.82 Å². The van der Waals surface area contributed by atoms with Crippen molar-refractivity contribution in [3.63, 3.8) is 0 Å². The zero-order valence-corrected chi connectivity index (χ0v) is 9.16. The third-order valence-corrected chi connectivity index (χ3v) is 2.35. The summed E-state index contributed by atoms with van der Waals surface area (Å²) in [6, 6.07) is 6.15. The Kier molecular flexibility index (Phi) is 2.81. The van der Waals surface area contributed by atoms with Crippen LogP contribution in [0.1, 0.15) is 5.69 Å². The summed E-state index contributed by atoms with van der Waals surface area (Å²) in [6.45, 7) is 1.90. The van der Waals surface area contributed by atoms with Gasteiger partial charge in [-0.3, -0.25) is 0 Å². The van der Waals surface area contributed by atoms with Crippen LogP contribution in [-0.2, 0) is 0 Å². The van der Waals surface area contributed by atoms with Gasteiger partial charge in [-0.15, -0.1) is 0 Å². The van der Waals surface area contributed by atoms with Crippen molar-refractivity contribution in [2.45, 2.75) is 6.92 Å². The largest absolute Gasteiger partial charge is 0.385 e. The van der Waals surface area contributed by atoms with Gasteiger partial charge in [0.15, 0.2) is 5.82 Å². The van der Waals surface area contributed by atoms with Crippen LogP contribution in [0.2, 0.25) is 0 Å². The molecule has 0 unspecified atom stereocenters. The van der Waals surface area contributed by atoms with E-state index >= 15 is 0 Å². The molecule has 0 spiro atoms. The lowest BCUT2D eigenvalue weighted by atomic mass is 10.2. The number of benzene rings is 1. The van der Waals surface area contributed by atoms with Crippen LogP contribution in [0.3, 0.4) is 0 Å². The average Bonchev–Trinajstić information content (AvgIpc) is 2.30. The van der Waals surface area contributed by atoms with Gasteiger partial charge in [-0.2, -0.15) is 0 Å². The van der Waals surface area contributed by atoms with Gasteiger partial charge in [-0.1, -0.05) is 0 Å². The molecule has 0 aliphatic heterocycles. The van der Waals surface area contributed by atoms with Crippen molar-refractivity contribution in [1.82, 2.24) is 9.97 Å². The number of anilines is 1. The zero-order chi connectivity index (χ0) is 11.5. The van der Waals surface area contributed by atoms with Crippen molar-refractivity contribution in [3.8, 4) is 11.4 Å². The fourth-order valence-corrected chi connectivity index (χ4v) is 1.45. The van der Waals surface area contributed by atoms with Gasteiger partial charge in [0.2, 0.25) is 0 Å². The maximum atomic E-state index is 12.7. The van der Waals surface area contributed by atoms with Gasteiger partial charge in [0.05, 0.1) is 17.6 Å². The molecule has 0 aliphatic rings. The highest BCUT2D eigenvalue weighted by molar-refractivity contribution is 5.57. The first-order valence-electron chi connectivity index (χ1n) is 4.98. The summed E-state index contributed by atoms with van der Waals surface area (Å²) in [5.74, 6) is 0.351. The molecule has 0 radical (unpaired) electrons. The summed E-state index contributed by atoms with van der Waals surface area (Å²) >= 11 is 0. The molecular weight excluding hydrogens is 205 g/mol. The second-order valence-corrected chi connectivity index (χ2v) is 3.45. The second kappa shape index (κ2) is 4.26. The average molecular weight is 217 g/mol. The van der Waals surface area contributed by atoms with Crippen molar-refractivity contribution in [2.75, 3.05) is 12.4 Å². The Bertz CT molecular complexity index is 494. The summed E-state index contributed by atoms with van der Waals surface area (Å²) in [7, 11) is 1.82. The topological polar surface area (TPSA) is 37.8 Å². The van der Waals surface area contributed by atoms with Crippen molar-refractivity contribution in [2.24, 2.45) is 0 Å². The van der Waals surface area contributed by atoms with E-state index in [4.69, 9.17) is 0 Å². The molecule has 0 saturated heterocycles. The fraction of sp³-hybridized carbons (Fsp3) is 0.167. The smallest absolute Gasteiger partial charge is 0.159 e. The van der Waals surface area contributed by atoms with Crippen LogP contribution in [0.4, 0.5) is 10.1 Å². The molecule has 0 bridgehead atoms. The highest BCUT2D eigenvalue weighted by atomic mass is 19.1. The van der Waals surface area contributed by atoms with E-state index in [1.54, 1.807) is 18.3 Å². The first kappa shape index (κ1) is 10.5. The molecular formula is C12H12FN3. The lowest BCUT2D eigenvalue weighted by molar-refractivity contribution is 0.628. The van der Waals surface area contributed by atoms with Gasteiger partial charge in [0.25, 0.3) is 0 Å². The van der Waals surface area contributed by atoms with Crippen LogP contribution in [0.25, 0.3) is 11.4 Å². The summed E-state index contributed by atoms with van der Waals surface area (Å²) in [5.41, 5.74) is 2.58. The van der Waals surface area contributed by atoms with Gasteiger partial charge < -0.3 is 5.32 Å². The number of nitrogens with zero attached hydrogens (tertiary/aromatic N) is 2. The fourth-order valence-electron chi connectivity index (χ4n) is 1.45. The van der Waals surface area contributed by atoms with Crippen LogP contribution in [0.5, 0.6) is 0 Å². The molecule has 16 heavy (non-hydrogen) atoms. The Balaban J connectivity index is 2.41. The third kappa shape index (κ3) is 2.00. The highest BCUT2D eigenvalue weighted by Crippen LogP contribution is 2.18. The van der Waals surface area contributed by atoms with Crippen molar-refractivity contribution >= 4 is 5.69 Å². The Morgan fingerprint density at radius 3 is 2.44 bits per heavy atom. The second-order valence-electron chi connectivity index (χ2n) is 3.45. The molecule has 0 atom stereocenters. The van der Waals surface area contributed by atoms with Gasteiger partial charge in [-0.05, 0) is 31.2 Å². The van der Waals surface area contributed by atoms with E-state index in [0.29, 0.717) is 5.82 Å². The molecule has 4 heteroatoms. The van der Waals surface area contributed by atoms with Crippen LogP contribution in [-0.4, -0.2) is 17.0 Å². The molecule has 0 amide bonds. The first-order chi connectivity index (χ1) is 7.70. The van der Waals surface area contributed by atoms with Crippen LogP contribution < -0.4 is 5.32 Å². The van der Waals surface area contributed by atoms with Crippen LogP contribution in [0, 0.1) is 12.7 Å². The molecule has 0 saturated carbocycles. The van der Waals surface area contributed by atoms with Crippen molar-refractivity contribution < 1.29 is 4.39 Å². The van der Waals surface area contributed by atoms with E-state index < -0.39 is 0 Å². The van der Waals surface area contributed by atoms with Gasteiger partial charge in [0, 0.05) is 12.6 Å². The molecule has 1 aromatic carbocycles. The maximum Gasteiger partial charge on any atom is 0.159 e. The molecule has 1 heterocycles. The van der Waals surface area contributed by atoms with E-state index in [1.165, 1.54) is 12.1 Å². The summed E-state index contributed by atoms with van der Waals surface area (Å²) in [6.07, 6.45) is 1.72. The van der Waals surface area contributed by atoms with E-state index in [1.807, 2.05) is 14.0 Å². The minimum atomic E-state index is -0.257. The van der Waals surface area contributed by atoms with Crippen molar-refractivity contribution in [3.05, 3.63) is 42.0 Å². The number of rotatable bonds is 2. The molecule has 1 aromatic heterocycles. The minimum Gasteiger partial charge on any atom is -0.385 e. The molecule has 2 rings (SSSR count). The predicted molar refractivity (Wildman–Crippen MR) is 61.7 cm³/mol. The standard InChI is InChI=1S/C12H12FN3/c1-8-11(14-2)7-15-12(16-8)9-3-5-10(13)6-4-9/h3-7,14H,1-2H3. The lowest BCUT2D eigenvalue weighted by Crippen LogP contribution is -1.98. The molecule has 2 aromatic rings. The number of aromatic nitrogens is 2. The summed E-state index contributed by atoms with van der Waals surface area (Å²) in [5, 5.41) is 3.00. The number of hydrogen-bond donors (Lipinski definition) is 1. The Hall–Kier alpha value is -1.97. The van der Waals surface area contributed by atoms with E-state index in [-0.39, 0.29) is 5.82 Å². The number of halogens is 1. The SMILES string of the molecule is CNc1cnc(-c2ccc(F)cc2)nc1C. The quantitative estimate of drug-likeness (QED) is 0.840. The lowest BCUT2D eigenvalue weighted by Gasteiger charge is -2.05. The predicted octanol–water partition coefficient (Wildman–Crippen LogP) is 2.63. The monoisotopic (exact) mass is 217 g/mol.